The van der Waals surface area contributed by atoms with Gasteiger partial charge in [-0.15, -0.1) is 0 Å². The standard InChI is InChI=1S/C32H29BrClN5O.CH4/c33-26-20-36-39-29(18-28(38-31(26)39)25-15-6-7-16-27(25)34)35-19-21-9-8-14-24(17-21)37-32(40)30(23-12-4-5-13-23)22-10-2-1-3-11-22;/h1-3,6-11,14-18,20,23,30,35H,4-5,12-13,19H2,(H,37,40);1H4. The molecule has 3 aromatic carbocycles. The summed E-state index contributed by atoms with van der Waals surface area (Å²) in [6.07, 6.45) is 6.30. The Morgan fingerprint density at radius 2 is 1.76 bits per heavy atom. The van der Waals surface area contributed by atoms with E-state index in [2.05, 4.69) is 43.8 Å². The molecule has 1 aliphatic carbocycles. The lowest BCUT2D eigenvalue weighted by atomic mass is 9.84. The monoisotopic (exact) mass is 629 g/mol. The maximum Gasteiger partial charge on any atom is 0.232 e. The number of aromatic nitrogens is 3. The molecule has 1 unspecified atom stereocenters. The molecule has 6 nitrogen and oxygen atoms in total. The van der Waals surface area contributed by atoms with Gasteiger partial charge in [-0.25, -0.2) is 4.98 Å². The number of benzene rings is 3. The lowest BCUT2D eigenvalue weighted by Gasteiger charge is -2.23. The van der Waals surface area contributed by atoms with Crippen molar-refractivity contribution in [2.24, 2.45) is 5.92 Å². The van der Waals surface area contributed by atoms with Gasteiger partial charge >= 0.3 is 0 Å². The highest BCUT2D eigenvalue weighted by molar-refractivity contribution is 9.10. The van der Waals surface area contributed by atoms with Gasteiger partial charge < -0.3 is 10.6 Å². The first-order chi connectivity index (χ1) is 19.6. The fourth-order valence-corrected chi connectivity index (χ4v) is 6.21. The fourth-order valence-electron chi connectivity index (χ4n) is 5.63. The van der Waals surface area contributed by atoms with Gasteiger partial charge in [0.1, 0.15) is 5.82 Å². The van der Waals surface area contributed by atoms with E-state index in [0.717, 1.165) is 51.2 Å². The van der Waals surface area contributed by atoms with Crippen molar-refractivity contribution < 1.29 is 4.79 Å². The molecule has 1 saturated carbocycles. The van der Waals surface area contributed by atoms with E-state index in [-0.39, 0.29) is 19.3 Å². The third-order valence-corrected chi connectivity index (χ3v) is 8.45. The van der Waals surface area contributed by atoms with Gasteiger partial charge in [0.15, 0.2) is 5.65 Å². The van der Waals surface area contributed by atoms with E-state index in [0.29, 0.717) is 23.1 Å². The second kappa shape index (κ2) is 12.9. The topological polar surface area (TPSA) is 71.3 Å². The molecule has 1 amide bonds. The molecule has 0 radical (unpaired) electrons. The molecule has 8 heteroatoms. The summed E-state index contributed by atoms with van der Waals surface area (Å²) in [6, 6.07) is 27.8. The fraction of sp³-hybridized carbons (Fsp3) is 0.242. The number of rotatable bonds is 8. The SMILES string of the molecule is C.O=C(Nc1cccc(CNc2cc(-c3ccccc3Cl)nc3c(Br)cnn23)c1)C(c1ccccc1)C1CCCC1. The largest absolute Gasteiger partial charge is 0.366 e. The minimum atomic E-state index is -0.142. The van der Waals surface area contributed by atoms with Gasteiger partial charge in [0, 0.05) is 28.9 Å². The van der Waals surface area contributed by atoms with Gasteiger partial charge in [-0.2, -0.15) is 9.61 Å². The van der Waals surface area contributed by atoms with Crippen molar-refractivity contribution in [2.45, 2.75) is 45.6 Å². The quantitative estimate of drug-likeness (QED) is 0.180. The average Bonchev–Trinajstić information content (AvgIpc) is 3.63. The van der Waals surface area contributed by atoms with Gasteiger partial charge in [0.2, 0.25) is 5.91 Å². The van der Waals surface area contributed by atoms with Gasteiger partial charge in [-0.1, -0.05) is 92.5 Å². The molecule has 2 heterocycles. The number of nitrogens with one attached hydrogen (secondary N) is 2. The van der Waals surface area contributed by atoms with Crippen LogP contribution in [0.3, 0.4) is 0 Å². The van der Waals surface area contributed by atoms with Crippen molar-refractivity contribution in [2.75, 3.05) is 10.6 Å². The summed E-state index contributed by atoms with van der Waals surface area (Å²) in [5, 5.41) is 11.8. The number of nitrogens with zero attached hydrogens (tertiary/aromatic N) is 3. The summed E-state index contributed by atoms with van der Waals surface area (Å²) < 4.78 is 2.56. The Kier molecular flexibility index (Phi) is 9.06. The van der Waals surface area contributed by atoms with Crippen LogP contribution in [0, 0.1) is 5.92 Å². The maximum absolute atomic E-state index is 13.6. The van der Waals surface area contributed by atoms with Crippen LogP contribution in [0.15, 0.2) is 95.6 Å². The number of carbonyl (C=O) groups is 1. The third kappa shape index (κ3) is 6.31. The van der Waals surface area contributed by atoms with Crippen LogP contribution in [0.2, 0.25) is 5.02 Å². The van der Waals surface area contributed by atoms with E-state index in [1.54, 1.807) is 10.7 Å². The molecule has 5 aromatic rings. The van der Waals surface area contributed by atoms with E-state index in [1.807, 2.05) is 72.8 Å². The molecular weight excluding hydrogens is 598 g/mol. The lowest BCUT2D eigenvalue weighted by molar-refractivity contribution is -0.118. The number of fused-ring (bicyclic) bond motifs is 1. The smallest absolute Gasteiger partial charge is 0.232 e. The molecule has 210 valence electrons. The van der Waals surface area contributed by atoms with E-state index in [4.69, 9.17) is 16.6 Å². The van der Waals surface area contributed by atoms with Crippen LogP contribution in [0.25, 0.3) is 16.9 Å². The van der Waals surface area contributed by atoms with Gasteiger partial charge in [-0.3, -0.25) is 4.79 Å². The zero-order valence-electron chi connectivity index (χ0n) is 21.9. The van der Waals surface area contributed by atoms with Crippen LogP contribution < -0.4 is 10.6 Å². The predicted octanol–water partition coefficient (Wildman–Crippen LogP) is 8.97. The molecule has 1 aliphatic rings. The minimum Gasteiger partial charge on any atom is -0.366 e. The third-order valence-electron chi connectivity index (χ3n) is 7.56. The summed E-state index contributed by atoms with van der Waals surface area (Å²) in [6.45, 7) is 0.535. The maximum atomic E-state index is 13.6. The Labute approximate surface area is 254 Å². The van der Waals surface area contributed by atoms with E-state index < -0.39 is 0 Å². The Hall–Kier alpha value is -3.68. The number of amides is 1. The Bertz CT molecular complexity index is 1650. The second-order valence-electron chi connectivity index (χ2n) is 10.2. The van der Waals surface area contributed by atoms with Crippen LogP contribution in [0.4, 0.5) is 11.5 Å². The molecule has 1 fully saturated rings. The van der Waals surface area contributed by atoms with Crippen molar-refractivity contribution in [3.8, 4) is 11.3 Å². The number of anilines is 2. The molecule has 41 heavy (non-hydrogen) atoms. The zero-order valence-corrected chi connectivity index (χ0v) is 24.2. The van der Waals surface area contributed by atoms with Crippen LogP contribution in [-0.2, 0) is 11.3 Å². The molecule has 0 saturated heterocycles. The first-order valence-corrected chi connectivity index (χ1v) is 14.7. The molecule has 0 bridgehead atoms. The number of halogens is 2. The Morgan fingerprint density at radius 3 is 2.54 bits per heavy atom. The van der Waals surface area contributed by atoms with Crippen molar-refractivity contribution in [3.05, 3.63) is 112 Å². The van der Waals surface area contributed by atoms with E-state index in [9.17, 15) is 4.79 Å². The summed E-state index contributed by atoms with van der Waals surface area (Å²) in [7, 11) is 0. The molecule has 6 rings (SSSR count). The van der Waals surface area contributed by atoms with Crippen molar-refractivity contribution in [1.82, 2.24) is 14.6 Å². The van der Waals surface area contributed by atoms with Gasteiger partial charge in [-0.05, 0) is 64.0 Å². The normalized spacial score (nSPS) is 14.0. The molecule has 2 N–H and O–H groups in total. The van der Waals surface area contributed by atoms with Gasteiger partial charge in [0.25, 0.3) is 0 Å². The first-order valence-electron chi connectivity index (χ1n) is 13.5. The van der Waals surface area contributed by atoms with E-state index >= 15 is 0 Å². The average molecular weight is 631 g/mol. The Morgan fingerprint density at radius 1 is 1.00 bits per heavy atom. The highest BCUT2D eigenvalue weighted by atomic mass is 79.9. The molecular formula is C33H33BrClN5O. The summed E-state index contributed by atoms with van der Waals surface area (Å²) in [5.74, 6) is 1.08. The number of carbonyl (C=O) groups excluding carboxylic acids is 1. The van der Waals surface area contributed by atoms with E-state index in [1.165, 1.54) is 12.8 Å². The Balaban J connectivity index is 0.00000337. The molecule has 2 aromatic heterocycles. The van der Waals surface area contributed by atoms with Crippen LogP contribution in [0.5, 0.6) is 0 Å². The summed E-state index contributed by atoms with van der Waals surface area (Å²) in [4.78, 5) is 18.4. The van der Waals surface area contributed by atoms with Crippen molar-refractivity contribution in [1.29, 1.82) is 0 Å². The lowest BCUT2D eigenvalue weighted by Crippen LogP contribution is -2.26. The number of hydrogen-bond donors (Lipinski definition) is 2. The summed E-state index contributed by atoms with van der Waals surface area (Å²) in [5.41, 5.74) is 5.21. The predicted molar refractivity (Wildman–Crippen MR) is 171 cm³/mol. The first kappa shape index (κ1) is 28.8. The molecule has 0 aliphatic heterocycles. The van der Waals surface area contributed by atoms with Gasteiger partial charge in [0.05, 0.1) is 22.3 Å². The van der Waals surface area contributed by atoms with Crippen LogP contribution in [-0.4, -0.2) is 20.5 Å². The molecule has 1 atom stereocenters. The minimum absolute atomic E-state index is 0. The highest BCUT2D eigenvalue weighted by Gasteiger charge is 2.32. The van der Waals surface area contributed by atoms with Crippen molar-refractivity contribution >= 4 is 50.6 Å². The van der Waals surface area contributed by atoms with Crippen molar-refractivity contribution in [3.63, 3.8) is 0 Å². The van der Waals surface area contributed by atoms with Crippen LogP contribution in [0.1, 0.15) is 50.2 Å². The zero-order chi connectivity index (χ0) is 27.5. The summed E-state index contributed by atoms with van der Waals surface area (Å²) >= 11 is 10.0. The molecule has 0 spiro atoms. The highest BCUT2D eigenvalue weighted by Crippen LogP contribution is 2.38. The van der Waals surface area contributed by atoms with Crippen LogP contribution >= 0.6 is 27.5 Å². The second-order valence-corrected chi connectivity index (χ2v) is 11.5. The number of hydrogen-bond acceptors (Lipinski definition) is 4.